The highest BCUT2D eigenvalue weighted by molar-refractivity contribution is 5.86. The van der Waals surface area contributed by atoms with Crippen LogP contribution in [0.25, 0.3) is 0 Å². The number of hydrogen-bond donors (Lipinski definition) is 1. The molecule has 0 amide bonds. The van der Waals surface area contributed by atoms with Crippen LogP contribution < -0.4 is 5.32 Å². The SMILES string of the molecule is CCOC1CC(Nc2ccc(C(=O)OC)nn2)C12CCC2. The van der Waals surface area contributed by atoms with Crippen molar-refractivity contribution >= 4 is 11.8 Å². The molecule has 1 N–H and O–H groups in total. The van der Waals surface area contributed by atoms with Crippen LogP contribution in [0.15, 0.2) is 12.1 Å². The maximum atomic E-state index is 11.3. The van der Waals surface area contributed by atoms with Crippen LogP contribution in [0.2, 0.25) is 0 Å². The van der Waals surface area contributed by atoms with E-state index in [1.54, 1.807) is 12.1 Å². The smallest absolute Gasteiger partial charge is 0.358 e. The second-order valence-corrected chi connectivity index (χ2v) is 5.76. The monoisotopic (exact) mass is 291 g/mol. The van der Waals surface area contributed by atoms with Gasteiger partial charge in [0, 0.05) is 18.1 Å². The molecule has 0 aliphatic heterocycles. The van der Waals surface area contributed by atoms with Gasteiger partial charge in [0.1, 0.15) is 5.82 Å². The first-order valence-corrected chi connectivity index (χ1v) is 7.50. The summed E-state index contributed by atoms with van der Waals surface area (Å²) in [5.74, 6) is 0.235. The van der Waals surface area contributed by atoms with E-state index in [1.807, 2.05) is 6.92 Å². The molecule has 2 unspecified atom stereocenters. The Hall–Kier alpha value is -1.69. The van der Waals surface area contributed by atoms with Crippen molar-refractivity contribution in [3.63, 3.8) is 0 Å². The van der Waals surface area contributed by atoms with Crippen LogP contribution in [-0.2, 0) is 9.47 Å². The molecule has 2 atom stereocenters. The molecule has 1 aromatic heterocycles. The first kappa shape index (κ1) is 14.3. The molecule has 0 bridgehead atoms. The lowest BCUT2D eigenvalue weighted by Gasteiger charge is -2.61. The first-order chi connectivity index (χ1) is 10.2. The van der Waals surface area contributed by atoms with Crippen molar-refractivity contribution in [2.45, 2.75) is 44.8 Å². The molecule has 6 nitrogen and oxygen atoms in total. The summed E-state index contributed by atoms with van der Waals surface area (Å²) in [7, 11) is 1.33. The highest BCUT2D eigenvalue weighted by atomic mass is 16.5. The van der Waals surface area contributed by atoms with E-state index >= 15 is 0 Å². The Kier molecular flexibility index (Phi) is 3.80. The molecule has 1 spiro atoms. The van der Waals surface area contributed by atoms with Gasteiger partial charge in [-0.2, -0.15) is 0 Å². The highest BCUT2D eigenvalue weighted by Gasteiger charge is 2.59. The van der Waals surface area contributed by atoms with Gasteiger partial charge in [-0.05, 0) is 38.3 Å². The summed E-state index contributed by atoms with van der Waals surface area (Å²) in [5, 5.41) is 11.4. The van der Waals surface area contributed by atoms with E-state index in [4.69, 9.17) is 4.74 Å². The predicted molar refractivity (Wildman–Crippen MR) is 77.1 cm³/mol. The van der Waals surface area contributed by atoms with E-state index < -0.39 is 5.97 Å². The molecular weight excluding hydrogens is 270 g/mol. The first-order valence-electron chi connectivity index (χ1n) is 7.50. The number of nitrogens with one attached hydrogen (secondary N) is 1. The van der Waals surface area contributed by atoms with E-state index in [-0.39, 0.29) is 11.1 Å². The second kappa shape index (κ2) is 5.60. The summed E-state index contributed by atoms with van der Waals surface area (Å²) in [6.45, 7) is 2.82. The van der Waals surface area contributed by atoms with Gasteiger partial charge in [-0.1, -0.05) is 6.42 Å². The molecular formula is C15H21N3O3. The van der Waals surface area contributed by atoms with Crippen molar-refractivity contribution in [1.82, 2.24) is 10.2 Å². The molecule has 3 rings (SSSR count). The summed E-state index contributed by atoms with van der Waals surface area (Å²) >= 11 is 0. The molecule has 0 saturated heterocycles. The Labute approximate surface area is 124 Å². The second-order valence-electron chi connectivity index (χ2n) is 5.76. The van der Waals surface area contributed by atoms with Gasteiger partial charge < -0.3 is 14.8 Å². The van der Waals surface area contributed by atoms with Gasteiger partial charge in [-0.15, -0.1) is 10.2 Å². The molecule has 0 aromatic carbocycles. The number of ether oxygens (including phenoxy) is 2. The fraction of sp³-hybridized carbons (Fsp3) is 0.667. The van der Waals surface area contributed by atoms with Crippen molar-refractivity contribution in [3.8, 4) is 0 Å². The molecule has 2 saturated carbocycles. The maximum Gasteiger partial charge on any atom is 0.358 e. The molecule has 21 heavy (non-hydrogen) atoms. The number of carbonyl (C=O) groups is 1. The number of hydrogen-bond acceptors (Lipinski definition) is 6. The van der Waals surface area contributed by atoms with E-state index in [9.17, 15) is 4.79 Å². The number of nitrogens with zero attached hydrogens (tertiary/aromatic N) is 2. The standard InChI is InChI=1S/C15H21N3O3/c1-3-21-12-9-11(15(12)7-4-8-15)16-13-6-5-10(17-18-13)14(19)20-2/h5-6,11-12H,3-4,7-9H2,1-2H3,(H,16,18). The highest BCUT2D eigenvalue weighted by Crippen LogP contribution is 2.57. The quantitative estimate of drug-likeness (QED) is 0.837. The van der Waals surface area contributed by atoms with Gasteiger partial charge in [-0.25, -0.2) is 4.79 Å². The van der Waals surface area contributed by atoms with Gasteiger partial charge in [0.05, 0.1) is 13.2 Å². The minimum Gasteiger partial charge on any atom is -0.464 e. The average molecular weight is 291 g/mol. The lowest BCUT2D eigenvalue weighted by Crippen LogP contribution is -2.64. The molecule has 1 aromatic rings. The zero-order chi connectivity index (χ0) is 14.9. The minimum absolute atomic E-state index is 0.224. The van der Waals surface area contributed by atoms with Crippen LogP contribution in [0, 0.1) is 5.41 Å². The third kappa shape index (κ3) is 2.37. The third-order valence-electron chi connectivity index (χ3n) is 4.82. The Bertz CT molecular complexity index is 513. The topological polar surface area (TPSA) is 73.3 Å². The van der Waals surface area contributed by atoms with E-state index in [1.165, 1.54) is 26.4 Å². The number of rotatable bonds is 5. The summed E-state index contributed by atoms with van der Waals surface area (Å²) < 4.78 is 10.4. The zero-order valence-corrected chi connectivity index (χ0v) is 12.5. The van der Waals surface area contributed by atoms with Gasteiger partial charge in [0.2, 0.25) is 0 Å². The van der Waals surface area contributed by atoms with Crippen LogP contribution in [-0.4, -0.2) is 42.0 Å². The van der Waals surface area contributed by atoms with Gasteiger partial charge in [-0.3, -0.25) is 0 Å². The number of carbonyl (C=O) groups excluding carboxylic acids is 1. The fourth-order valence-corrected chi connectivity index (χ4v) is 3.44. The molecule has 0 radical (unpaired) electrons. The molecule has 114 valence electrons. The molecule has 6 heteroatoms. The zero-order valence-electron chi connectivity index (χ0n) is 12.5. The molecule has 1 heterocycles. The van der Waals surface area contributed by atoms with Crippen LogP contribution in [0.1, 0.15) is 43.1 Å². The lowest BCUT2D eigenvalue weighted by atomic mass is 9.51. The van der Waals surface area contributed by atoms with Gasteiger partial charge in [0.25, 0.3) is 0 Å². The molecule has 2 aliphatic carbocycles. The number of esters is 1. The summed E-state index contributed by atoms with van der Waals surface area (Å²) in [5.41, 5.74) is 0.501. The largest absolute Gasteiger partial charge is 0.464 e. The molecule has 2 fully saturated rings. The van der Waals surface area contributed by atoms with Crippen LogP contribution in [0.3, 0.4) is 0 Å². The Balaban J connectivity index is 1.63. The number of anilines is 1. The number of aromatic nitrogens is 2. The summed E-state index contributed by atoms with van der Waals surface area (Å²) in [6, 6.07) is 3.80. The lowest BCUT2D eigenvalue weighted by molar-refractivity contribution is -0.157. The minimum atomic E-state index is -0.468. The van der Waals surface area contributed by atoms with Gasteiger partial charge >= 0.3 is 5.97 Å². The van der Waals surface area contributed by atoms with Crippen molar-refractivity contribution in [2.24, 2.45) is 5.41 Å². The Morgan fingerprint density at radius 3 is 2.76 bits per heavy atom. The van der Waals surface area contributed by atoms with Crippen molar-refractivity contribution in [1.29, 1.82) is 0 Å². The van der Waals surface area contributed by atoms with E-state index in [0.29, 0.717) is 18.0 Å². The van der Waals surface area contributed by atoms with Crippen molar-refractivity contribution in [2.75, 3.05) is 19.0 Å². The van der Waals surface area contributed by atoms with Crippen LogP contribution in [0.4, 0.5) is 5.82 Å². The van der Waals surface area contributed by atoms with Crippen LogP contribution >= 0.6 is 0 Å². The van der Waals surface area contributed by atoms with E-state index in [2.05, 4.69) is 20.3 Å². The maximum absolute atomic E-state index is 11.3. The Morgan fingerprint density at radius 1 is 1.43 bits per heavy atom. The normalized spacial score (nSPS) is 25.8. The van der Waals surface area contributed by atoms with Gasteiger partial charge in [0.15, 0.2) is 5.69 Å². The summed E-state index contributed by atoms with van der Waals surface area (Å²) in [6.07, 6.45) is 5.07. The Morgan fingerprint density at radius 2 is 2.24 bits per heavy atom. The predicted octanol–water partition coefficient (Wildman–Crippen LogP) is 2.02. The third-order valence-corrected chi connectivity index (χ3v) is 4.82. The summed E-state index contributed by atoms with van der Waals surface area (Å²) in [4.78, 5) is 11.3. The van der Waals surface area contributed by atoms with E-state index in [0.717, 1.165) is 13.0 Å². The van der Waals surface area contributed by atoms with Crippen molar-refractivity contribution < 1.29 is 14.3 Å². The molecule has 2 aliphatic rings. The average Bonchev–Trinajstić information content (AvgIpc) is 2.44. The number of methoxy groups -OCH3 is 1. The fourth-order valence-electron chi connectivity index (χ4n) is 3.44. The van der Waals surface area contributed by atoms with Crippen LogP contribution in [0.5, 0.6) is 0 Å². The van der Waals surface area contributed by atoms with Crippen molar-refractivity contribution in [3.05, 3.63) is 17.8 Å².